The first-order chi connectivity index (χ1) is 15.5. The van der Waals surface area contributed by atoms with Crippen LogP contribution in [0.15, 0.2) is 82.5 Å². The predicted octanol–water partition coefficient (Wildman–Crippen LogP) is 5.60. The topological polar surface area (TPSA) is 55.6 Å². The number of halogens is 1. The van der Waals surface area contributed by atoms with Gasteiger partial charge in [0, 0.05) is 33.7 Å². The first kappa shape index (κ1) is 21.8. The quantitative estimate of drug-likeness (QED) is 0.271. The lowest BCUT2D eigenvalue weighted by molar-refractivity contribution is -0.123. The van der Waals surface area contributed by atoms with Crippen molar-refractivity contribution in [2.45, 2.75) is 20.4 Å². The Morgan fingerprint density at radius 1 is 1.06 bits per heavy atom. The highest BCUT2D eigenvalue weighted by molar-refractivity contribution is 9.10. The number of hydrogen-bond acceptors (Lipinski definition) is 3. The number of nitrogens with one attached hydrogen (secondary N) is 1. The highest BCUT2D eigenvalue weighted by atomic mass is 79.9. The van der Waals surface area contributed by atoms with Gasteiger partial charge in [-0.05, 0) is 48.7 Å². The molecule has 0 aliphatic rings. The van der Waals surface area contributed by atoms with Crippen molar-refractivity contribution in [3.63, 3.8) is 0 Å². The predicted molar refractivity (Wildman–Crippen MR) is 132 cm³/mol. The molecule has 1 heterocycles. The van der Waals surface area contributed by atoms with Gasteiger partial charge in [0.1, 0.15) is 5.75 Å². The van der Waals surface area contributed by atoms with Gasteiger partial charge in [0.2, 0.25) is 0 Å². The molecule has 4 rings (SSSR count). The number of hydrogen-bond donors (Lipinski definition) is 1. The second-order valence-corrected chi connectivity index (χ2v) is 8.58. The summed E-state index contributed by atoms with van der Waals surface area (Å²) in [5.41, 5.74) is 7.79. The Kier molecular flexibility index (Phi) is 6.71. The molecular weight excluding hydrogens is 466 g/mol. The molecular formula is C26H24BrN3O2. The Bertz CT molecular complexity index is 1260. The maximum Gasteiger partial charge on any atom is 0.277 e. The minimum absolute atomic E-state index is 0.101. The van der Waals surface area contributed by atoms with Crippen molar-refractivity contribution < 1.29 is 9.53 Å². The third kappa shape index (κ3) is 5.08. The Labute approximate surface area is 195 Å². The lowest BCUT2D eigenvalue weighted by Crippen LogP contribution is -2.25. The van der Waals surface area contributed by atoms with Gasteiger partial charge in [0.05, 0.1) is 6.21 Å². The molecule has 3 aromatic carbocycles. The van der Waals surface area contributed by atoms with Crippen LogP contribution in [-0.4, -0.2) is 23.3 Å². The lowest BCUT2D eigenvalue weighted by Gasteiger charge is -2.11. The first-order valence-electron chi connectivity index (χ1n) is 10.3. The fourth-order valence-corrected chi connectivity index (χ4v) is 4.44. The van der Waals surface area contributed by atoms with Gasteiger partial charge in [-0.3, -0.25) is 4.79 Å². The number of aryl methyl sites for hydroxylation is 2. The van der Waals surface area contributed by atoms with Gasteiger partial charge in [-0.25, -0.2) is 5.43 Å². The maximum absolute atomic E-state index is 12.2. The van der Waals surface area contributed by atoms with E-state index in [1.165, 1.54) is 5.56 Å². The van der Waals surface area contributed by atoms with Crippen LogP contribution in [0.3, 0.4) is 0 Å². The smallest absolute Gasteiger partial charge is 0.277 e. The van der Waals surface area contributed by atoms with E-state index in [0.717, 1.165) is 44.4 Å². The van der Waals surface area contributed by atoms with Crippen LogP contribution < -0.4 is 10.2 Å². The summed E-state index contributed by atoms with van der Waals surface area (Å²) in [6, 6.07) is 22.4. The SMILES string of the molecule is Cc1cc(Br)cc(C)c1OCC(=O)NN=Cc1cn(Cc2ccccc2)c2ccccc12. The van der Waals surface area contributed by atoms with E-state index in [1.807, 2.05) is 56.3 Å². The molecule has 0 saturated heterocycles. The van der Waals surface area contributed by atoms with Crippen LogP contribution >= 0.6 is 15.9 Å². The monoisotopic (exact) mass is 489 g/mol. The highest BCUT2D eigenvalue weighted by Gasteiger charge is 2.09. The number of fused-ring (bicyclic) bond motifs is 1. The van der Waals surface area contributed by atoms with Crippen LogP contribution in [0.25, 0.3) is 10.9 Å². The van der Waals surface area contributed by atoms with Crippen LogP contribution in [0, 0.1) is 13.8 Å². The zero-order valence-corrected chi connectivity index (χ0v) is 19.6. The maximum atomic E-state index is 12.2. The molecule has 0 aliphatic heterocycles. The number of carbonyl (C=O) groups is 1. The number of hydrazone groups is 1. The van der Waals surface area contributed by atoms with E-state index in [-0.39, 0.29) is 12.5 Å². The van der Waals surface area contributed by atoms with Gasteiger partial charge in [-0.1, -0.05) is 64.5 Å². The fourth-order valence-electron chi connectivity index (χ4n) is 3.76. The van der Waals surface area contributed by atoms with E-state index >= 15 is 0 Å². The summed E-state index contributed by atoms with van der Waals surface area (Å²) in [6.07, 6.45) is 3.73. The van der Waals surface area contributed by atoms with Gasteiger partial charge in [0.15, 0.2) is 6.61 Å². The molecule has 1 N–H and O–H groups in total. The number of aromatic nitrogens is 1. The summed E-state index contributed by atoms with van der Waals surface area (Å²) < 4.78 is 8.89. The van der Waals surface area contributed by atoms with Gasteiger partial charge < -0.3 is 9.30 Å². The third-order valence-corrected chi connectivity index (χ3v) is 5.64. The average molecular weight is 490 g/mol. The molecule has 5 nitrogen and oxygen atoms in total. The molecule has 0 aliphatic carbocycles. The Morgan fingerprint density at radius 3 is 2.50 bits per heavy atom. The standard InChI is InChI=1S/C26H24BrN3O2/c1-18-12-22(27)13-19(2)26(18)32-17-25(31)29-28-14-21-16-30(15-20-8-4-3-5-9-20)24-11-7-6-10-23(21)24/h3-14,16H,15,17H2,1-2H3,(H,29,31). The summed E-state index contributed by atoms with van der Waals surface area (Å²) in [5.74, 6) is 0.410. The van der Waals surface area contributed by atoms with Crippen molar-refractivity contribution in [3.05, 3.63) is 99.7 Å². The summed E-state index contributed by atoms with van der Waals surface area (Å²) in [4.78, 5) is 12.2. The van der Waals surface area contributed by atoms with Crippen LogP contribution in [0.5, 0.6) is 5.75 Å². The van der Waals surface area contributed by atoms with Crippen molar-refractivity contribution in [3.8, 4) is 5.75 Å². The number of amides is 1. The second-order valence-electron chi connectivity index (χ2n) is 7.67. The van der Waals surface area contributed by atoms with Crippen LogP contribution in [-0.2, 0) is 11.3 Å². The molecule has 1 amide bonds. The van der Waals surface area contributed by atoms with Gasteiger partial charge in [0.25, 0.3) is 5.91 Å². The number of benzene rings is 3. The van der Waals surface area contributed by atoms with Gasteiger partial charge in [-0.15, -0.1) is 0 Å². The Hall–Kier alpha value is -3.38. The average Bonchev–Trinajstić information content (AvgIpc) is 3.11. The molecule has 1 aromatic heterocycles. The van der Waals surface area contributed by atoms with Crippen LogP contribution in [0.4, 0.5) is 0 Å². The third-order valence-electron chi connectivity index (χ3n) is 5.18. The van der Waals surface area contributed by atoms with Crippen molar-refractivity contribution in [2.75, 3.05) is 6.61 Å². The highest BCUT2D eigenvalue weighted by Crippen LogP contribution is 2.27. The number of rotatable bonds is 7. The summed E-state index contributed by atoms with van der Waals surface area (Å²) in [6.45, 7) is 4.57. The van der Waals surface area contributed by atoms with E-state index < -0.39 is 0 Å². The van der Waals surface area contributed by atoms with Crippen LogP contribution in [0.1, 0.15) is 22.3 Å². The Morgan fingerprint density at radius 2 is 1.75 bits per heavy atom. The van der Waals surface area contributed by atoms with Crippen molar-refractivity contribution in [2.24, 2.45) is 5.10 Å². The number of carbonyl (C=O) groups excluding carboxylic acids is 1. The summed E-state index contributed by atoms with van der Waals surface area (Å²) >= 11 is 3.47. The van der Waals surface area contributed by atoms with E-state index in [9.17, 15) is 4.79 Å². The van der Waals surface area contributed by atoms with Crippen molar-refractivity contribution in [1.82, 2.24) is 9.99 Å². The minimum atomic E-state index is -0.309. The molecule has 0 radical (unpaired) electrons. The normalized spacial score (nSPS) is 11.2. The molecule has 0 fully saturated rings. The molecule has 0 unspecified atom stereocenters. The fraction of sp³-hybridized carbons (Fsp3) is 0.154. The van der Waals surface area contributed by atoms with Crippen molar-refractivity contribution >= 4 is 39.0 Å². The largest absolute Gasteiger partial charge is 0.483 e. The first-order valence-corrected chi connectivity index (χ1v) is 11.1. The van der Waals surface area contributed by atoms with E-state index in [4.69, 9.17) is 4.74 Å². The van der Waals surface area contributed by atoms with Gasteiger partial charge in [-0.2, -0.15) is 5.10 Å². The summed E-state index contributed by atoms with van der Waals surface area (Å²) in [5, 5.41) is 5.24. The molecule has 162 valence electrons. The van der Waals surface area contributed by atoms with Crippen molar-refractivity contribution in [1.29, 1.82) is 0 Å². The molecule has 0 spiro atoms. The molecule has 6 heteroatoms. The lowest BCUT2D eigenvalue weighted by atomic mass is 10.1. The van der Waals surface area contributed by atoms with Crippen LogP contribution in [0.2, 0.25) is 0 Å². The van der Waals surface area contributed by atoms with E-state index in [1.54, 1.807) is 6.21 Å². The molecule has 0 saturated carbocycles. The summed E-state index contributed by atoms with van der Waals surface area (Å²) in [7, 11) is 0. The zero-order valence-electron chi connectivity index (χ0n) is 18.0. The number of para-hydroxylation sites is 1. The molecule has 0 atom stereocenters. The molecule has 0 bridgehead atoms. The molecule has 32 heavy (non-hydrogen) atoms. The molecule has 4 aromatic rings. The van der Waals surface area contributed by atoms with Gasteiger partial charge >= 0.3 is 0 Å². The van der Waals surface area contributed by atoms with E-state index in [0.29, 0.717) is 0 Å². The second kappa shape index (κ2) is 9.83. The number of nitrogens with zero attached hydrogens (tertiary/aromatic N) is 2. The number of ether oxygens (including phenoxy) is 1. The van der Waals surface area contributed by atoms with E-state index in [2.05, 4.69) is 61.5 Å². The zero-order chi connectivity index (χ0) is 22.5. The Balaban J connectivity index is 1.43. The minimum Gasteiger partial charge on any atom is -0.483 e.